The van der Waals surface area contributed by atoms with E-state index in [0.717, 1.165) is 48.6 Å². The van der Waals surface area contributed by atoms with Crippen molar-refractivity contribution in [3.05, 3.63) is 24.3 Å². The molecule has 0 spiro atoms. The maximum atomic E-state index is 13.2. The van der Waals surface area contributed by atoms with Crippen LogP contribution in [0.5, 0.6) is 0 Å². The first-order valence-corrected chi connectivity index (χ1v) is 15.4. The van der Waals surface area contributed by atoms with E-state index < -0.39 is 7.05 Å². The number of nitrogens with zero attached hydrogens (tertiary/aromatic N) is 2. The number of piperidine rings is 2. The predicted molar refractivity (Wildman–Crippen MR) is 152 cm³/mol. The molecule has 5 aliphatic rings. The molecule has 7 atom stereocenters. The number of hydrogen-bond acceptors (Lipinski definition) is 5. The Kier molecular flexibility index (Phi) is 7.83. The SMILES string of the molecule is CB(O)N1CCC[C@H]1C(=O)Nc1ccccc1NC1C[C@H]2CCC[C@@H](C1)N2C1C[C@H]2CCCC[C@@H](C1)C2. The summed E-state index contributed by atoms with van der Waals surface area (Å²) in [6.45, 7) is 2.53. The van der Waals surface area contributed by atoms with Crippen LogP contribution in [-0.4, -0.2) is 64.4 Å². The van der Waals surface area contributed by atoms with Gasteiger partial charge in [0.1, 0.15) is 0 Å². The second kappa shape index (κ2) is 11.3. The molecule has 1 amide bonds. The van der Waals surface area contributed by atoms with Gasteiger partial charge in [-0.05, 0) is 95.1 Å². The van der Waals surface area contributed by atoms with E-state index in [0.29, 0.717) is 18.1 Å². The summed E-state index contributed by atoms with van der Waals surface area (Å²) in [5.41, 5.74) is 1.91. The number of nitrogens with one attached hydrogen (secondary N) is 2. The molecule has 3 saturated heterocycles. The summed E-state index contributed by atoms with van der Waals surface area (Å²) < 4.78 is 0. The smallest absolute Gasteiger partial charge is 0.377 e. The van der Waals surface area contributed by atoms with Gasteiger partial charge in [-0.15, -0.1) is 0 Å². The second-order valence-corrected chi connectivity index (χ2v) is 12.9. The summed E-state index contributed by atoms with van der Waals surface area (Å²) in [6, 6.07) is 10.6. The number of carbonyl (C=O) groups is 1. The van der Waals surface area contributed by atoms with E-state index >= 15 is 0 Å². The third-order valence-corrected chi connectivity index (χ3v) is 10.4. The zero-order valence-electron chi connectivity index (χ0n) is 22.8. The molecule has 7 heteroatoms. The average Bonchev–Trinajstić information content (AvgIpc) is 3.32. The van der Waals surface area contributed by atoms with E-state index in [2.05, 4.69) is 27.7 Å². The fraction of sp³-hybridized carbons (Fsp3) is 0.767. The lowest BCUT2D eigenvalue weighted by Gasteiger charge is -2.54. The minimum absolute atomic E-state index is 0.00176. The lowest BCUT2D eigenvalue weighted by molar-refractivity contribution is -0.119. The molecule has 3 N–H and O–H groups in total. The summed E-state index contributed by atoms with van der Waals surface area (Å²) >= 11 is 0. The van der Waals surface area contributed by atoms with Gasteiger partial charge in [0, 0.05) is 24.2 Å². The van der Waals surface area contributed by atoms with E-state index in [1.807, 2.05) is 16.9 Å². The van der Waals surface area contributed by atoms with Gasteiger partial charge in [0.15, 0.2) is 0 Å². The fourth-order valence-corrected chi connectivity index (χ4v) is 8.91. The lowest BCUT2D eigenvalue weighted by Crippen LogP contribution is -2.59. The first kappa shape index (κ1) is 25.7. The Hall–Kier alpha value is -1.57. The highest BCUT2D eigenvalue weighted by Crippen LogP contribution is 2.45. The van der Waals surface area contributed by atoms with Crippen molar-refractivity contribution in [3.63, 3.8) is 0 Å². The molecule has 0 radical (unpaired) electrons. The average molecular weight is 507 g/mol. The summed E-state index contributed by atoms with van der Waals surface area (Å²) in [4.78, 5) is 18.1. The molecule has 1 aromatic rings. The zero-order chi connectivity index (χ0) is 25.4. The number of fused-ring (bicyclic) bond motifs is 4. The first-order chi connectivity index (χ1) is 18.0. The third kappa shape index (κ3) is 5.60. The second-order valence-electron chi connectivity index (χ2n) is 12.9. The van der Waals surface area contributed by atoms with E-state index in [1.165, 1.54) is 77.0 Å². The van der Waals surface area contributed by atoms with E-state index in [1.54, 1.807) is 6.82 Å². The maximum Gasteiger partial charge on any atom is 0.377 e. The van der Waals surface area contributed by atoms with Crippen LogP contribution in [0.15, 0.2) is 24.3 Å². The number of rotatable bonds is 6. The van der Waals surface area contributed by atoms with Crippen LogP contribution in [0, 0.1) is 11.8 Å². The summed E-state index contributed by atoms with van der Waals surface area (Å²) in [6.07, 6.45) is 18.5. The highest BCUT2D eigenvalue weighted by Gasteiger charge is 2.44. The highest BCUT2D eigenvalue weighted by molar-refractivity contribution is 6.46. The van der Waals surface area contributed by atoms with Crippen LogP contribution in [0.1, 0.15) is 89.9 Å². The Balaban J connectivity index is 1.12. The van der Waals surface area contributed by atoms with Gasteiger partial charge in [-0.2, -0.15) is 0 Å². The van der Waals surface area contributed by atoms with Gasteiger partial charge in [0.25, 0.3) is 0 Å². The summed E-state index contributed by atoms with van der Waals surface area (Å²) in [7, 11) is -0.593. The third-order valence-electron chi connectivity index (χ3n) is 10.4. The van der Waals surface area contributed by atoms with Crippen molar-refractivity contribution < 1.29 is 9.82 Å². The summed E-state index contributed by atoms with van der Waals surface area (Å²) in [5.74, 6) is 1.95. The number of amides is 1. The lowest BCUT2D eigenvalue weighted by atomic mass is 9.73. The molecule has 3 aliphatic heterocycles. The standard InChI is InChI=1S/C30H47BN4O2/c1-31(37)34-15-7-14-29(34)30(36)33-28-13-5-4-12-27(28)32-23-19-24-10-6-11-25(20-23)35(24)26-17-21-8-2-3-9-22(16-21)18-26/h4-5,12-13,21-26,29,32,37H,2-3,6-11,14-20H2,1H3,(H,33,36)/t21-,22+,23?,24-,25+,26?,29-/m0/s1. The van der Waals surface area contributed by atoms with Crippen LogP contribution in [0.2, 0.25) is 6.82 Å². The van der Waals surface area contributed by atoms with Gasteiger partial charge >= 0.3 is 7.05 Å². The number of hydrogen-bond donors (Lipinski definition) is 3. The Morgan fingerprint density at radius 1 is 0.838 bits per heavy atom. The van der Waals surface area contributed by atoms with Crippen LogP contribution in [0.3, 0.4) is 0 Å². The van der Waals surface area contributed by atoms with Gasteiger partial charge < -0.3 is 20.5 Å². The van der Waals surface area contributed by atoms with Gasteiger partial charge in [0.05, 0.1) is 17.4 Å². The molecule has 202 valence electrons. The van der Waals surface area contributed by atoms with E-state index in [9.17, 15) is 9.82 Å². The molecule has 37 heavy (non-hydrogen) atoms. The maximum absolute atomic E-state index is 13.2. The Morgan fingerprint density at radius 2 is 1.51 bits per heavy atom. The molecule has 5 fully saturated rings. The van der Waals surface area contributed by atoms with Crippen molar-refractivity contribution in [2.45, 2.75) is 127 Å². The van der Waals surface area contributed by atoms with Crippen LogP contribution in [-0.2, 0) is 4.79 Å². The molecule has 3 heterocycles. The van der Waals surface area contributed by atoms with Crippen LogP contribution < -0.4 is 10.6 Å². The molecule has 6 rings (SSSR count). The van der Waals surface area contributed by atoms with Crippen molar-refractivity contribution in [1.82, 2.24) is 9.71 Å². The quantitative estimate of drug-likeness (QED) is 0.454. The Bertz CT molecular complexity index is 916. The Morgan fingerprint density at radius 3 is 2.19 bits per heavy atom. The first-order valence-electron chi connectivity index (χ1n) is 15.4. The van der Waals surface area contributed by atoms with E-state index in [4.69, 9.17) is 0 Å². The topological polar surface area (TPSA) is 67.8 Å². The van der Waals surface area contributed by atoms with Crippen molar-refractivity contribution in [3.8, 4) is 0 Å². The minimum Gasteiger partial charge on any atom is -0.437 e. The van der Waals surface area contributed by atoms with Crippen LogP contribution >= 0.6 is 0 Å². The molecule has 2 aliphatic carbocycles. The van der Waals surface area contributed by atoms with Gasteiger partial charge in [-0.3, -0.25) is 9.69 Å². The van der Waals surface area contributed by atoms with Crippen molar-refractivity contribution in [2.24, 2.45) is 11.8 Å². The molecular weight excluding hydrogens is 459 g/mol. The molecule has 0 aromatic heterocycles. The normalized spacial score (nSPS) is 36.5. The van der Waals surface area contributed by atoms with Crippen LogP contribution in [0.25, 0.3) is 0 Å². The van der Waals surface area contributed by atoms with Crippen molar-refractivity contribution in [1.29, 1.82) is 0 Å². The van der Waals surface area contributed by atoms with Crippen molar-refractivity contribution >= 4 is 24.3 Å². The van der Waals surface area contributed by atoms with Crippen molar-refractivity contribution in [2.75, 3.05) is 17.2 Å². The summed E-state index contributed by atoms with van der Waals surface area (Å²) in [5, 5.41) is 17.2. The fourth-order valence-electron chi connectivity index (χ4n) is 8.91. The molecule has 6 nitrogen and oxygen atoms in total. The number of carbonyl (C=O) groups excluding carboxylic acids is 1. The number of para-hydroxylation sites is 2. The molecule has 2 unspecified atom stereocenters. The predicted octanol–water partition coefficient (Wildman–Crippen LogP) is 5.36. The highest BCUT2D eigenvalue weighted by atomic mass is 16.2. The Labute approximate surface area is 224 Å². The zero-order valence-corrected chi connectivity index (χ0v) is 22.8. The molecule has 2 saturated carbocycles. The molecule has 1 aromatic carbocycles. The minimum atomic E-state index is -0.593. The van der Waals surface area contributed by atoms with Crippen LogP contribution in [0.4, 0.5) is 11.4 Å². The largest absolute Gasteiger partial charge is 0.437 e. The van der Waals surface area contributed by atoms with Gasteiger partial charge in [0.2, 0.25) is 5.91 Å². The van der Waals surface area contributed by atoms with E-state index in [-0.39, 0.29) is 11.9 Å². The molecular formula is C30H47BN4O2. The number of benzene rings is 1. The monoisotopic (exact) mass is 506 g/mol. The molecule has 4 bridgehead atoms. The number of anilines is 2. The van der Waals surface area contributed by atoms with Gasteiger partial charge in [-0.1, -0.05) is 44.2 Å². The van der Waals surface area contributed by atoms with Gasteiger partial charge in [-0.25, -0.2) is 0 Å².